The van der Waals surface area contributed by atoms with Gasteiger partial charge in [-0.3, -0.25) is 9.59 Å². The van der Waals surface area contributed by atoms with Gasteiger partial charge in [0, 0.05) is 6.42 Å². The van der Waals surface area contributed by atoms with E-state index in [9.17, 15) is 35.1 Å². The summed E-state index contributed by atoms with van der Waals surface area (Å²) in [5.41, 5.74) is 0. The highest BCUT2D eigenvalue weighted by molar-refractivity contribution is 5.80. The van der Waals surface area contributed by atoms with Crippen molar-refractivity contribution in [3.8, 4) is 0 Å². The van der Waals surface area contributed by atoms with Gasteiger partial charge in [0.15, 0.2) is 12.4 Å². The van der Waals surface area contributed by atoms with Crippen LogP contribution in [0, 0.1) is 0 Å². The van der Waals surface area contributed by atoms with Crippen LogP contribution in [0.2, 0.25) is 0 Å². The number of allylic oxidation sites excluding steroid dienone is 3. The number of carbonyl (C=O) groups is 2. The van der Waals surface area contributed by atoms with Crippen molar-refractivity contribution in [2.24, 2.45) is 0 Å². The average molecular weight is 1110 g/mol. The quantitative estimate of drug-likeness (QED) is 0.0195. The lowest BCUT2D eigenvalue weighted by atomic mass is 9.99. The van der Waals surface area contributed by atoms with Crippen LogP contribution in [0.15, 0.2) is 24.3 Å². The van der Waals surface area contributed by atoms with E-state index in [0.717, 1.165) is 57.8 Å². The summed E-state index contributed by atoms with van der Waals surface area (Å²) in [6.07, 6.45) is 55.0. The maximum absolute atomic E-state index is 13.5. The van der Waals surface area contributed by atoms with Gasteiger partial charge in [0.2, 0.25) is 5.91 Å². The van der Waals surface area contributed by atoms with E-state index >= 15 is 0 Å². The summed E-state index contributed by atoms with van der Waals surface area (Å²) in [7, 11) is 0. The van der Waals surface area contributed by atoms with Gasteiger partial charge >= 0.3 is 5.97 Å². The number of rotatable bonds is 58. The first-order chi connectivity index (χ1) is 38.2. The minimum Gasteiger partial charge on any atom is -0.454 e. The predicted molar refractivity (Wildman–Crippen MR) is 324 cm³/mol. The van der Waals surface area contributed by atoms with Crippen molar-refractivity contribution in [3.05, 3.63) is 24.3 Å². The molecule has 8 unspecified atom stereocenters. The Hall–Kier alpha value is -1.86. The fourth-order valence-electron chi connectivity index (χ4n) is 10.8. The number of aliphatic hydroxyl groups is 5. The fourth-order valence-corrected chi connectivity index (χ4v) is 10.8. The second kappa shape index (κ2) is 55.7. The zero-order chi connectivity index (χ0) is 56.8. The number of unbranched alkanes of at least 4 members (excludes halogenated alkanes) is 42. The molecule has 6 N–H and O–H groups in total. The summed E-state index contributed by atoms with van der Waals surface area (Å²) >= 11 is 0. The molecule has 1 heterocycles. The van der Waals surface area contributed by atoms with E-state index in [1.54, 1.807) is 6.08 Å². The van der Waals surface area contributed by atoms with E-state index < -0.39 is 67.4 Å². The molecular formula is C67H127NO10. The number of amides is 1. The van der Waals surface area contributed by atoms with Crippen LogP contribution in [0.5, 0.6) is 0 Å². The maximum atomic E-state index is 13.5. The van der Waals surface area contributed by atoms with Crippen molar-refractivity contribution >= 4 is 11.9 Å². The Kier molecular flexibility index (Phi) is 52.9. The normalized spacial score (nSPS) is 19.0. The second-order valence-corrected chi connectivity index (χ2v) is 23.6. The lowest BCUT2D eigenvalue weighted by Gasteiger charge is -2.41. The summed E-state index contributed by atoms with van der Waals surface area (Å²) in [5, 5.41) is 57.1. The molecule has 1 rings (SSSR count). The Morgan fingerprint density at radius 2 is 0.846 bits per heavy atom. The molecule has 78 heavy (non-hydrogen) atoms. The molecule has 11 nitrogen and oxygen atoms in total. The van der Waals surface area contributed by atoms with Crippen LogP contribution in [0.1, 0.15) is 329 Å². The highest BCUT2D eigenvalue weighted by Gasteiger charge is 2.47. The molecule has 0 aromatic heterocycles. The Morgan fingerprint density at radius 3 is 1.24 bits per heavy atom. The number of nitrogens with one attached hydrogen (secondary N) is 1. The van der Waals surface area contributed by atoms with Gasteiger partial charge in [-0.25, -0.2) is 0 Å². The zero-order valence-corrected chi connectivity index (χ0v) is 51.1. The van der Waals surface area contributed by atoms with Crippen LogP contribution < -0.4 is 5.32 Å². The molecule has 0 aromatic rings. The van der Waals surface area contributed by atoms with Crippen LogP contribution in [0.3, 0.4) is 0 Å². The van der Waals surface area contributed by atoms with Crippen LogP contribution in [0.25, 0.3) is 0 Å². The molecule has 0 radical (unpaired) electrons. The highest BCUT2D eigenvalue weighted by atomic mass is 16.7. The Labute approximate surface area is 480 Å². The van der Waals surface area contributed by atoms with E-state index in [0.29, 0.717) is 19.3 Å². The summed E-state index contributed by atoms with van der Waals surface area (Å²) in [6, 6.07) is -1.02. The van der Waals surface area contributed by atoms with E-state index in [1.807, 2.05) is 6.08 Å². The topological polar surface area (TPSA) is 175 Å². The number of esters is 1. The lowest BCUT2D eigenvalue weighted by Crippen LogP contribution is -2.61. The molecular weight excluding hydrogens is 979 g/mol. The molecule has 0 saturated carbocycles. The number of ether oxygens (including phenoxy) is 3. The molecule has 8 atom stereocenters. The monoisotopic (exact) mass is 1110 g/mol. The van der Waals surface area contributed by atoms with E-state index in [-0.39, 0.29) is 13.0 Å². The first kappa shape index (κ1) is 74.2. The third kappa shape index (κ3) is 42.9. The van der Waals surface area contributed by atoms with E-state index in [2.05, 4.69) is 38.2 Å². The van der Waals surface area contributed by atoms with Crippen LogP contribution >= 0.6 is 0 Å². The van der Waals surface area contributed by atoms with Gasteiger partial charge in [0.1, 0.15) is 24.4 Å². The van der Waals surface area contributed by atoms with Gasteiger partial charge < -0.3 is 45.1 Å². The molecule has 0 aliphatic carbocycles. The standard InChI is InChI=1S/C67H127NO10/c1-4-7-10-13-16-19-22-25-27-28-29-30-31-32-33-35-36-39-42-45-48-51-54-60(71)66(75)68-58(59(70)53-50-47-44-41-38-24-21-18-15-12-9-6-3)57-76-67-65(64(74)63(73)61(56-69)77-67)78-62(72)55-52-49-46-43-40-37-34-26-23-20-17-14-11-8-5-2/h25,27,50,53,58-61,63-65,67,69-71,73-74H,4-24,26,28-49,51-52,54-57H2,1-3H3,(H,68,75)/b27-25+,53-50+. The van der Waals surface area contributed by atoms with Crippen molar-refractivity contribution < 1.29 is 49.3 Å². The highest BCUT2D eigenvalue weighted by Crippen LogP contribution is 2.26. The molecule has 0 aromatic carbocycles. The van der Waals surface area contributed by atoms with Crippen LogP contribution in [-0.4, -0.2) is 99.6 Å². The Morgan fingerprint density at radius 1 is 0.487 bits per heavy atom. The minimum atomic E-state index is -1.61. The molecule has 11 heteroatoms. The molecule has 460 valence electrons. The average Bonchev–Trinajstić information content (AvgIpc) is 3.44. The van der Waals surface area contributed by atoms with Crippen molar-refractivity contribution in [1.82, 2.24) is 5.32 Å². The molecule has 1 fully saturated rings. The van der Waals surface area contributed by atoms with Gasteiger partial charge in [-0.15, -0.1) is 0 Å². The zero-order valence-electron chi connectivity index (χ0n) is 51.1. The minimum absolute atomic E-state index is 0.130. The van der Waals surface area contributed by atoms with Crippen LogP contribution in [0.4, 0.5) is 0 Å². The summed E-state index contributed by atoms with van der Waals surface area (Å²) in [4.78, 5) is 26.6. The summed E-state index contributed by atoms with van der Waals surface area (Å²) in [5.74, 6) is -1.18. The number of hydrogen-bond donors (Lipinski definition) is 6. The van der Waals surface area contributed by atoms with Crippen molar-refractivity contribution in [2.75, 3.05) is 13.2 Å². The van der Waals surface area contributed by atoms with Crippen LogP contribution in [-0.2, 0) is 23.8 Å². The van der Waals surface area contributed by atoms with E-state index in [4.69, 9.17) is 14.2 Å². The first-order valence-electron chi connectivity index (χ1n) is 33.6. The van der Waals surface area contributed by atoms with Crippen molar-refractivity contribution in [3.63, 3.8) is 0 Å². The molecule has 1 aliphatic heterocycles. The van der Waals surface area contributed by atoms with Gasteiger partial charge in [0.05, 0.1) is 25.4 Å². The summed E-state index contributed by atoms with van der Waals surface area (Å²) in [6.45, 7) is 5.83. The lowest BCUT2D eigenvalue weighted by molar-refractivity contribution is -0.305. The van der Waals surface area contributed by atoms with E-state index in [1.165, 1.54) is 225 Å². The SMILES string of the molecule is CCCCCCCC/C=C/CCCCCCCCCCCCCCC(O)C(=O)NC(COC1OC(CO)C(O)C(O)C1OC(=O)CCCCCCCCCCCCCCCCC)C(O)/C=C/CCCCCCCCCCCC. The largest absolute Gasteiger partial charge is 0.454 e. The Balaban J connectivity index is 2.60. The second-order valence-electron chi connectivity index (χ2n) is 23.6. The molecule has 1 amide bonds. The number of aliphatic hydroxyl groups excluding tert-OH is 5. The van der Waals surface area contributed by atoms with Crippen molar-refractivity contribution in [2.45, 2.75) is 378 Å². The first-order valence-corrected chi connectivity index (χ1v) is 33.6. The fraction of sp³-hybridized carbons (Fsp3) is 0.910. The number of hydrogen-bond acceptors (Lipinski definition) is 10. The third-order valence-electron chi connectivity index (χ3n) is 16.1. The van der Waals surface area contributed by atoms with Gasteiger partial charge in [-0.2, -0.15) is 0 Å². The van der Waals surface area contributed by atoms with Crippen molar-refractivity contribution in [1.29, 1.82) is 0 Å². The molecule has 0 bridgehead atoms. The Bertz CT molecular complexity index is 1360. The molecule has 1 saturated heterocycles. The molecule has 0 spiro atoms. The van der Waals surface area contributed by atoms with Gasteiger partial charge in [-0.1, -0.05) is 295 Å². The summed E-state index contributed by atoms with van der Waals surface area (Å²) < 4.78 is 17.7. The smallest absolute Gasteiger partial charge is 0.306 e. The number of carbonyl (C=O) groups excluding carboxylic acids is 2. The maximum Gasteiger partial charge on any atom is 0.306 e. The third-order valence-corrected chi connectivity index (χ3v) is 16.1. The molecule has 1 aliphatic rings. The van der Waals surface area contributed by atoms with Gasteiger partial charge in [0.25, 0.3) is 0 Å². The predicted octanol–water partition coefficient (Wildman–Crippen LogP) is 16.5. The van der Waals surface area contributed by atoms with Gasteiger partial charge in [-0.05, 0) is 51.4 Å².